The molecular weight excluding hydrogens is 823 g/mol. The molecule has 10 aromatic carbocycles. The molecule has 1 aliphatic rings. The van der Waals surface area contributed by atoms with Gasteiger partial charge in [-0.05, 0) is 154 Å². The van der Waals surface area contributed by atoms with Crippen LogP contribution in [-0.4, -0.2) is 4.98 Å². The van der Waals surface area contributed by atoms with Crippen molar-refractivity contribution in [2.24, 2.45) is 0 Å². The van der Waals surface area contributed by atoms with Gasteiger partial charge in [-0.15, -0.1) is 0 Å². The molecule has 1 aromatic heterocycles. The minimum Gasteiger partial charge on any atom is -0.295 e. The van der Waals surface area contributed by atoms with Crippen LogP contribution in [0.2, 0.25) is 0 Å². The first-order valence-electron chi connectivity index (χ1n) is 23.2. The van der Waals surface area contributed by atoms with Crippen molar-refractivity contribution >= 4 is 61.7 Å². The topological polar surface area (TPSA) is 39.9 Å². The Hall–Kier alpha value is -8.84. The van der Waals surface area contributed by atoms with Crippen molar-refractivity contribution in [2.45, 2.75) is 19.3 Å². The monoisotopic (exact) mass is 867 g/mol. The molecule has 0 aliphatic heterocycles. The highest BCUT2D eigenvalue weighted by Gasteiger charge is 2.35. The van der Waals surface area contributed by atoms with Crippen molar-refractivity contribution in [1.82, 2.24) is 4.98 Å². The smallest absolute Gasteiger partial charge is 0.137 e. The van der Waals surface area contributed by atoms with E-state index < -0.39 is 0 Å². The molecule has 0 radical (unpaired) electrons. The summed E-state index contributed by atoms with van der Waals surface area (Å²) in [5.41, 5.74) is 17.6. The van der Waals surface area contributed by atoms with Gasteiger partial charge in [0.2, 0.25) is 0 Å². The van der Waals surface area contributed by atoms with Gasteiger partial charge in [0.25, 0.3) is 0 Å². The van der Waals surface area contributed by atoms with Crippen LogP contribution in [0.5, 0.6) is 0 Å². The summed E-state index contributed by atoms with van der Waals surface area (Å²) in [6, 6.07) is 80.6. The number of anilines is 3. The Morgan fingerprint density at radius 2 is 0.912 bits per heavy atom. The van der Waals surface area contributed by atoms with Crippen molar-refractivity contribution in [1.29, 1.82) is 5.26 Å². The average Bonchev–Trinajstić information content (AvgIpc) is 3.63. The zero-order valence-electron chi connectivity index (χ0n) is 37.9. The summed E-state index contributed by atoms with van der Waals surface area (Å²) >= 11 is 0. The zero-order chi connectivity index (χ0) is 45.8. The molecule has 0 fully saturated rings. The predicted molar refractivity (Wildman–Crippen MR) is 285 cm³/mol. The molecule has 0 bridgehead atoms. The summed E-state index contributed by atoms with van der Waals surface area (Å²) in [5, 5.41) is 16.8. The average molecular weight is 868 g/mol. The van der Waals surface area contributed by atoms with Gasteiger partial charge in [0.05, 0.1) is 11.6 Å². The third-order valence-corrected chi connectivity index (χ3v) is 14.0. The highest BCUT2D eigenvalue weighted by Crippen LogP contribution is 2.51. The molecule has 0 unspecified atom stereocenters. The van der Waals surface area contributed by atoms with Gasteiger partial charge in [0.15, 0.2) is 0 Å². The fourth-order valence-electron chi connectivity index (χ4n) is 10.6. The molecular formula is C65H45N3. The van der Waals surface area contributed by atoms with Gasteiger partial charge < -0.3 is 0 Å². The lowest BCUT2D eigenvalue weighted by molar-refractivity contribution is 0.660. The third-order valence-electron chi connectivity index (χ3n) is 14.0. The zero-order valence-corrected chi connectivity index (χ0v) is 37.9. The molecule has 12 rings (SSSR count). The predicted octanol–water partition coefficient (Wildman–Crippen LogP) is 17.4. The van der Waals surface area contributed by atoms with E-state index in [4.69, 9.17) is 0 Å². The summed E-state index contributed by atoms with van der Waals surface area (Å²) in [7, 11) is 0. The maximum Gasteiger partial charge on any atom is 0.137 e. The van der Waals surface area contributed by atoms with Crippen LogP contribution in [0.15, 0.2) is 225 Å². The van der Waals surface area contributed by atoms with Gasteiger partial charge >= 0.3 is 0 Å². The van der Waals surface area contributed by atoms with E-state index in [1.807, 2.05) is 42.5 Å². The number of fused-ring (bicyclic) bond motifs is 6. The summed E-state index contributed by atoms with van der Waals surface area (Å²) in [6.45, 7) is 4.71. The molecule has 3 heteroatoms. The summed E-state index contributed by atoms with van der Waals surface area (Å²) in [5.74, 6) is 0.806. The maximum atomic E-state index is 9.37. The molecule has 0 saturated heterocycles. The molecule has 1 heterocycles. The minimum absolute atomic E-state index is 0.0671. The number of nitriles is 1. The maximum absolute atomic E-state index is 9.37. The number of nitrogens with zero attached hydrogens (tertiary/aromatic N) is 3. The van der Waals surface area contributed by atoms with E-state index in [9.17, 15) is 5.26 Å². The van der Waals surface area contributed by atoms with E-state index in [1.54, 1.807) is 6.20 Å². The van der Waals surface area contributed by atoms with E-state index in [1.165, 1.54) is 88.0 Å². The molecule has 0 amide bonds. The van der Waals surface area contributed by atoms with Gasteiger partial charge in [0.1, 0.15) is 5.82 Å². The lowest BCUT2D eigenvalue weighted by atomic mass is 9.81. The van der Waals surface area contributed by atoms with Crippen LogP contribution in [0.3, 0.4) is 0 Å². The number of rotatable bonds is 8. The SMILES string of the molecule is CC1(C)c2ccccc2-c2ccc(-c3ccc(-c4c5ccccc5c(-c5ccc(/C=C/c6ccc(N(c7ccc(C#N)cc7)c7ccccn7)cc6)cc5)c5ccccc45)c4ccccc34)cc21. The first-order valence-corrected chi connectivity index (χ1v) is 23.2. The van der Waals surface area contributed by atoms with Crippen LogP contribution in [-0.2, 0) is 5.41 Å². The van der Waals surface area contributed by atoms with Gasteiger partial charge in [-0.3, -0.25) is 4.90 Å². The molecule has 68 heavy (non-hydrogen) atoms. The molecule has 11 aromatic rings. The second kappa shape index (κ2) is 16.5. The second-order valence-corrected chi connectivity index (χ2v) is 18.2. The van der Waals surface area contributed by atoms with E-state index >= 15 is 0 Å². The number of hydrogen-bond acceptors (Lipinski definition) is 3. The van der Waals surface area contributed by atoms with Crippen LogP contribution < -0.4 is 4.90 Å². The Labute approximate surface area is 397 Å². The van der Waals surface area contributed by atoms with Crippen molar-refractivity contribution in [3.05, 3.63) is 252 Å². The number of aromatic nitrogens is 1. The number of hydrogen-bond donors (Lipinski definition) is 0. The summed E-state index contributed by atoms with van der Waals surface area (Å²) in [6.07, 6.45) is 6.13. The molecule has 320 valence electrons. The number of pyridine rings is 1. The Balaban J connectivity index is 0.886. The van der Waals surface area contributed by atoms with Crippen LogP contribution in [0.25, 0.3) is 89.0 Å². The first-order chi connectivity index (χ1) is 33.4. The standard InChI is InChI=1S/C65H45N3/c1-65(2)60-20-10-9-15-53(60)54-37-32-47(41-61(54)65)50-38-39-59(52-14-4-3-13-51(50)52)64-57-18-7-5-16-55(57)63(56-17-6-8-19-58(56)64)46-30-24-43(25-31-46)22-23-44-26-33-48(34-27-44)68(62-21-11-12-40-67-62)49-35-28-45(42-66)29-36-49/h3-41H,1-2H3/b23-22+. The molecule has 0 saturated carbocycles. The molecule has 0 atom stereocenters. The lowest BCUT2D eigenvalue weighted by Crippen LogP contribution is -2.14. The van der Waals surface area contributed by atoms with Gasteiger partial charge in [-0.2, -0.15) is 5.26 Å². The van der Waals surface area contributed by atoms with E-state index in [-0.39, 0.29) is 5.41 Å². The Bertz CT molecular complexity index is 3740. The van der Waals surface area contributed by atoms with E-state index in [0.717, 1.165) is 28.3 Å². The third kappa shape index (κ3) is 6.86. The second-order valence-electron chi connectivity index (χ2n) is 18.2. The summed E-state index contributed by atoms with van der Waals surface area (Å²) in [4.78, 5) is 6.74. The fraction of sp³-hybridized carbons (Fsp3) is 0.0462. The van der Waals surface area contributed by atoms with Gasteiger partial charge in [-0.1, -0.05) is 190 Å². The van der Waals surface area contributed by atoms with Crippen LogP contribution in [0.4, 0.5) is 17.2 Å². The molecule has 3 nitrogen and oxygen atoms in total. The van der Waals surface area contributed by atoms with Crippen molar-refractivity contribution in [3.63, 3.8) is 0 Å². The molecule has 0 spiro atoms. The minimum atomic E-state index is -0.0671. The van der Waals surface area contributed by atoms with E-state index in [2.05, 4.69) is 218 Å². The Morgan fingerprint density at radius 1 is 0.426 bits per heavy atom. The normalized spacial score (nSPS) is 12.6. The van der Waals surface area contributed by atoms with Crippen molar-refractivity contribution < 1.29 is 0 Å². The van der Waals surface area contributed by atoms with Crippen LogP contribution in [0.1, 0.15) is 41.7 Å². The van der Waals surface area contributed by atoms with Crippen LogP contribution in [0, 0.1) is 11.3 Å². The summed E-state index contributed by atoms with van der Waals surface area (Å²) < 4.78 is 0. The highest BCUT2D eigenvalue weighted by molar-refractivity contribution is 6.24. The Morgan fingerprint density at radius 3 is 1.53 bits per heavy atom. The van der Waals surface area contributed by atoms with Crippen molar-refractivity contribution in [2.75, 3.05) is 4.90 Å². The Kier molecular flexibility index (Phi) is 9.89. The van der Waals surface area contributed by atoms with Gasteiger partial charge in [-0.25, -0.2) is 4.98 Å². The fourth-order valence-corrected chi connectivity index (χ4v) is 10.6. The van der Waals surface area contributed by atoms with E-state index in [0.29, 0.717) is 5.56 Å². The molecule has 0 N–H and O–H groups in total. The van der Waals surface area contributed by atoms with Crippen LogP contribution >= 0.6 is 0 Å². The molecule has 1 aliphatic carbocycles. The van der Waals surface area contributed by atoms with Crippen molar-refractivity contribution in [3.8, 4) is 50.6 Å². The lowest BCUT2D eigenvalue weighted by Gasteiger charge is -2.24. The first kappa shape index (κ1) is 40.7. The van der Waals surface area contributed by atoms with Gasteiger partial charge in [0, 0.05) is 23.0 Å². The quantitative estimate of drug-likeness (QED) is 0.113. The highest BCUT2D eigenvalue weighted by atomic mass is 15.2. The largest absolute Gasteiger partial charge is 0.295 e. The number of benzene rings is 10.